The molecule has 0 unspecified atom stereocenters. The van der Waals surface area contributed by atoms with Gasteiger partial charge in [0.2, 0.25) is 5.96 Å². The molecule has 4 aromatic rings. The largest absolute Gasteiger partial charge is 0.493 e. The second-order valence-corrected chi connectivity index (χ2v) is 7.79. The van der Waals surface area contributed by atoms with E-state index >= 15 is 0 Å². The van der Waals surface area contributed by atoms with Crippen LogP contribution in [0.5, 0.6) is 11.5 Å². The number of rotatable bonds is 8. The fourth-order valence-electron chi connectivity index (χ4n) is 3.45. The van der Waals surface area contributed by atoms with Crippen LogP contribution in [0.25, 0.3) is 10.9 Å². The first-order valence-corrected chi connectivity index (χ1v) is 10.9. The Labute approximate surface area is 202 Å². The summed E-state index contributed by atoms with van der Waals surface area (Å²) in [7, 11) is 1.59. The Hall–Kier alpha value is -4.79. The molecule has 178 valence electrons. The third-order valence-electron chi connectivity index (χ3n) is 5.26. The van der Waals surface area contributed by atoms with Gasteiger partial charge in [-0.15, -0.1) is 5.10 Å². The number of benzene rings is 3. The van der Waals surface area contributed by atoms with E-state index in [4.69, 9.17) is 20.9 Å². The number of guanidine groups is 1. The molecule has 1 aromatic heterocycles. The topological polar surface area (TPSA) is 140 Å². The molecule has 9 nitrogen and oxygen atoms in total. The fraction of sp³-hybridized carbons (Fsp3) is 0.115. The van der Waals surface area contributed by atoms with Crippen LogP contribution in [-0.4, -0.2) is 29.7 Å². The van der Waals surface area contributed by atoms with Crippen LogP contribution in [0, 0.1) is 0 Å². The van der Waals surface area contributed by atoms with Gasteiger partial charge in [0.25, 0.3) is 5.91 Å². The van der Waals surface area contributed by atoms with Gasteiger partial charge < -0.3 is 31.2 Å². The highest BCUT2D eigenvalue weighted by Gasteiger charge is 2.14. The maximum atomic E-state index is 12.9. The number of nitrogens with two attached hydrogens (primary N) is 2. The number of nitrogens with one attached hydrogen (secondary N) is 2. The number of aromatic amines is 1. The van der Waals surface area contributed by atoms with Gasteiger partial charge in [-0.2, -0.15) is 5.10 Å². The highest BCUT2D eigenvalue weighted by molar-refractivity contribution is 6.06. The van der Waals surface area contributed by atoms with Gasteiger partial charge in [0, 0.05) is 22.7 Å². The summed E-state index contributed by atoms with van der Waals surface area (Å²) >= 11 is 0. The normalized spacial score (nSPS) is 11.2. The Balaban J connectivity index is 1.49. The van der Waals surface area contributed by atoms with Gasteiger partial charge in [-0.3, -0.25) is 4.79 Å². The van der Waals surface area contributed by atoms with E-state index in [9.17, 15) is 4.79 Å². The second-order valence-electron chi connectivity index (χ2n) is 7.79. The predicted molar refractivity (Wildman–Crippen MR) is 138 cm³/mol. The van der Waals surface area contributed by atoms with Gasteiger partial charge in [-0.05, 0) is 42.3 Å². The number of amides is 1. The lowest BCUT2D eigenvalue weighted by molar-refractivity contribution is 0.102. The molecule has 0 saturated carbocycles. The van der Waals surface area contributed by atoms with Gasteiger partial charge in [-0.1, -0.05) is 42.5 Å². The van der Waals surface area contributed by atoms with Crippen molar-refractivity contribution in [1.29, 1.82) is 0 Å². The number of ether oxygens (including phenoxy) is 2. The lowest BCUT2D eigenvalue weighted by Crippen LogP contribution is -2.22. The Morgan fingerprint density at radius 3 is 2.40 bits per heavy atom. The molecule has 35 heavy (non-hydrogen) atoms. The van der Waals surface area contributed by atoms with Gasteiger partial charge in [-0.25, -0.2) is 0 Å². The van der Waals surface area contributed by atoms with Crippen LogP contribution in [0.15, 0.2) is 83.0 Å². The minimum Gasteiger partial charge on any atom is -0.493 e. The molecule has 3 aromatic carbocycles. The van der Waals surface area contributed by atoms with Crippen molar-refractivity contribution in [2.75, 3.05) is 12.4 Å². The number of fused-ring (bicyclic) bond motifs is 1. The number of H-pyrrole nitrogens is 1. The summed E-state index contributed by atoms with van der Waals surface area (Å²) in [4.78, 5) is 16.0. The third-order valence-corrected chi connectivity index (χ3v) is 5.26. The molecule has 0 bridgehead atoms. The molecule has 0 atom stereocenters. The molecule has 0 saturated heterocycles. The van der Waals surface area contributed by atoms with E-state index in [0.29, 0.717) is 35.2 Å². The zero-order valence-corrected chi connectivity index (χ0v) is 19.4. The predicted octanol–water partition coefficient (Wildman–Crippen LogP) is 4.01. The highest BCUT2D eigenvalue weighted by Crippen LogP contribution is 2.33. The summed E-state index contributed by atoms with van der Waals surface area (Å²) in [6.07, 6.45) is 0. The van der Waals surface area contributed by atoms with Crippen LogP contribution in [0.3, 0.4) is 0 Å². The molecular formula is C26H26N6O3. The fourth-order valence-corrected chi connectivity index (χ4v) is 3.45. The first-order valence-electron chi connectivity index (χ1n) is 10.9. The van der Waals surface area contributed by atoms with E-state index in [1.165, 1.54) is 0 Å². The molecule has 0 aliphatic carbocycles. The van der Waals surface area contributed by atoms with E-state index in [2.05, 4.69) is 20.5 Å². The standard InChI is InChI=1S/C26H26N6O3/c1-16(31-32-26(27)28)18-8-10-20(11-9-18)29-25(33)22-12-19-13-23(34-2)24(14-21(19)30-22)35-15-17-6-4-3-5-7-17/h3-14,30H,15H2,1-2H3,(H,29,33)(H4,27,28,32). The number of carbonyl (C=O) groups excluding carboxylic acids is 1. The summed E-state index contributed by atoms with van der Waals surface area (Å²) in [6, 6.07) is 22.5. The van der Waals surface area contributed by atoms with Crippen LogP contribution < -0.4 is 26.3 Å². The van der Waals surface area contributed by atoms with E-state index in [-0.39, 0.29) is 11.9 Å². The van der Waals surface area contributed by atoms with Crippen molar-refractivity contribution < 1.29 is 14.3 Å². The Morgan fingerprint density at radius 2 is 1.71 bits per heavy atom. The van der Waals surface area contributed by atoms with Crippen molar-refractivity contribution >= 4 is 34.2 Å². The van der Waals surface area contributed by atoms with Crippen molar-refractivity contribution in [3.05, 3.63) is 89.6 Å². The smallest absolute Gasteiger partial charge is 0.272 e. The van der Waals surface area contributed by atoms with Gasteiger partial charge in [0.1, 0.15) is 12.3 Å². The molecule has 0 radical (unpaired) electrons. The quantitative estimate of drug-likeness (QED) is 0.175. The number of hydrogen-bond acceptors (Lipinski definition) is 5. The Morgan fingerprint density at radius 1 is 0.971 bits per heavy atom. The lowest BCUT2D eigenvalue weighted by atomic mass is 10.1. The molecule has 6 N–H and O–H groups in total. The summed E-state index contributed by atoms with van der Waals surface area (Å²) in [5.74, 6) is 0.795. The van der Waals surface area contributed by atoms with Gasteiger partial charge >= 0.3 is 0 Å². The number of carbonyl (C=O) groups is 1. The van der Waals surface area contributed by atoms with E-state index < -0.39 is 0 Å². The minimum atomic E-state index is -0.273. The molecule has 0 aliphatic heterocycles. The van der Waals surface area contributed by atoms with Crippen molar-refractivity contribution in [2.45, 2.75) is 13.5 Å². The van der Waals surface area contributed by atoms with Gasteiger partial charge in [0.15, 0.2) is 11.5 Å². The Kier molecular flexibility index (Phi) is 6.96. The zero-order valence-electron chi connectivity index (χ0n) is 19.4. The van der Waals surface area contributed by atoms with Crippen LogP contribution >= 0.6 is 0 Å². The lowest BCUT2D eigenvalue weighted by Gasteiger charge is -2.11. The van der Waals surface area contributed by atoms with E-state index in [1.54, 1.807) is 32.2 Å². The number of aromatic nitrogens is 1. The first-order chi connectivity index (χ1) is 16.9. The van der Waals surface area contributed by atoms with E-state index in [1.807, 2.05) is 54.6 Å². The molecule has 4 rings (SSSR count). The van der Waals surface area contributed by atoms with Crippen molar-refractivity contribution in [2.24, 2.45) is 21.7 Å². The average Bonchev–Trinajstić information content (AvgIpc) is 3.29. The zero-order chi connectivity index (χ0) is 24.8. The molecular weight excluding hydrogens is 444 g/mol. The molecule has 0 aliphatic rings. The average molecular weight is 471 g/mol. The van der Waals surface area contributed by atoms with E-state index in [0.717, 1.165) is 22.0 Å². The molecule has 1 heterocycles. The first kappa shape index (κ1) is 23.4. The maximum absolute atomic E-state index is 12.9. The monoisotopic (exact) mass is 470 g/mol. The Bertz CT molecular complexity index is 1390. The van der Waals surface area contributed by atoms with Crippen LogP contribution in [0.2, 0.25) is 0 Å². The SMILES string of the molecule is COc1cc2cc(C(=O)Nc3ccc(C(C)=NN=C(N)N)cc3)[nH]c2cc1OCc1ccccc1. The number of methoxy groups -OCH3 is 1. The number of anilines is 1. The summed E-state index contributed by atoms with van der Waals surface area (Å²) in [5, 5.41) is 11.3. The summed E-state index contributed by atoms with van der Waals surface area (Å²) < 4.78 is 11.5. The van der Waals surface area contributed by atoms with Gasteiger partial charge in [0.05, 0.1) is 12.8 Å². The summed E-state index contributed by atoms with van der Waals surface area (Å²) in [5.41, 5.74) is 14.9. The second kappa shape index (κ2) is 10.4. The highest BCUT2D eigenvalue weighted by atomic mass is 16.5. The van der Waals surface area contributed by atoms with Crippen molar-refractivity contribution in [1.82, 2.24) is 4.98 Å². The molecule has 0 spiro atoms. The summed E-state index contributed by atoms with van der Waals surface area (Å²) in [6.45, 7) is 2.19. The number of hydrogen-bond donors (Lipinski definition) is 4. The van der Waals surface area contributed by atoms with Crippen molar-refractivity contribution in [3.63, 3.8) is 0 Å². The van der Waals surface area contributed by atoms with Crippen LogP contribution in [-0.2, 0) is 6.61 Å². The van der Waals surface area contributed by atoms with Crippen molar-refractivity contribution in [3.8, 4) is 11.5 Å². The minimum absolute atomic E-state index is 0.112. The molecule has 9 heteroatoms. The molecule has 1 amide bonds. The third kappa shape index (κ3) is 5.77. The van der Waals surface area contributed by atoms with Crippen LogP contribution in [0.4, 0.5) is 5.69 Å². The van der Waals surface area contributed by atoms with Crippen LogP contribution in [0.1, 0.15) is 28.5 Å². The number of nitrogens with zero attached hydrogens (tertiary/aromatic N) is 2. The maximum Gasteiger partial charge on any atom is 0.272 e. The molecule has 0 fully saturated rings.